The first-order valence-corrected chi connectivity index (χ1v) is 6.20. The Labute approximate surface area is 103 Å². The van der Waals surface area contributed by atoms with Gasteiger partial charge in [0.1, 0.15) is 0 Å². The third-order valence-corrected chi connectivity index (χ3v) is 1.95. The quantitative estimate of drug-likeness (QED) is 0.590. The van der Waals surface area contributed by atoms with Crippen LogP contribution in [0.2, 0.25) is 0 Å². The smallest absolute Gasteiger partial charge is 0.220 e. The molecule has 0 rings (SSSR count). The molecule has 0 bridgehead atoms. The van der Waals surface area contributed by atoms with E-state index in [4.69, 9.17) is 4.74 Å². The Morgan fingerprint density at radius 1 is 1.12 bits per heavy atom. The summed E-state index contributed by atoms with van der Waals surface area (Å²) in [6, 6.07) is 0.119. The number of ether oxygens (including phenoxy) is 1. The molecule has 0 atom stereocenters. The molecular formula is C12H24N2O3. The third-order valence-electron chi connectivity index (χ3n) is 1.95. The summed E-state index contributed by atoms with van der Waals surface area (Å²) in [6.45, 7) is 7.56. The average Bonchev–Trinajstić information content (AvgIpc) is 2.25. The highest BCUT2D eigenvalue weighted by atomic mass is 16.5. The molecule has 0 spiro atoms. The van der Waals surface area contributed by atoms with E-state index < -0.39 is 0 Å². The van der Waals surface area contributed by atoms with E-state index in [9.17, 15) is 9.59 Å². The Bertz CT molecular complexity index is 230. The fourth-order valence-electron chi connectivity index (χ4n) is 1.22. The van der Waals surface area contributed by atoms with E-state index in [1.54, 1.807) is 0 Å². The average molecular weight is 244 g/mol. The van der Waals surface area contributed by atoms with Gasteiger partial charge in [0.05, 0.1) is 6.61 Å². The Hall–Kier alpha value is -1.10. The van der Waals surface area contributed by atoms with Crippen LogP contribution in [-0.4, -0.2) is 37.6 Å². The number of carbonyl (C=O) groups excluding carboxylic acids is 2. The highest BCUT2D eigenvalue weighted by Gasteiger charge is 2.07. The van der Waals surface area contributed by atoms with E-state index in [1.807, 2.05) is 20.8 Å². The van der Waals surface area contributed by atoms with Crippen molar-refractivity contribution in [3.05, 3.63) is 0 Å². The van der Waals surface area contributed by atoms with Crippen LogP contribution in [0.25, 0.3) is 0 Å². The van der Waals surface area contributed by atoms with Crippen molar-refractivity contribution in [1.82, 2.24) is 10.6 Å². The molecule has 0 aliphatic rings. The number of amides is 2. The molecule has 0 saturated carbocycles. The van der Waals surface area contributed by atoms with Crippen LogP contribution in [0.4, 0.5) is 0 Å². The lowest BCUT2D eigenvalue weighted by Crippen LogP contribution is -2.32. The molecule has 2 N–H and O–H groups in total. The molecule has 0 unspecified atom stereocenters. The molecule has 17 heavy (non-hydrogen) atoms. The first kappa shape index (κ1) is 15.9. The number of rotatable bonds is 9. The Morgan fingerprint density at radius 3 is 2.35 bits per heavy atom. The molecule has 0 aliphatic carbocycles. The minimum Gasteiger partial charge on any atom is -0.380 e. The normalized spacial score (nSPS) is 10.4. The van der Waals surface area contributed by atoms with Gasteiger partial charge < -0.3 is 15.4 Å². The molecule has 5 heteroatoms. The Balaban J connectivity index is 3.43. The van der Waals surface area contributed by atoms with Crippen molar-refractivity contribution in [3.8, 4) is 0 Å². The molecule has 0 aromatic carbocycles. The zero-order valence-corrected chi connectivity index (χ0v) is 11.0. The summed E-state index contributed by atoms with van der Waals surface area (Å²) >= 11 is 0. The van der Waals surface area contributed by atoms with Gasteiger partial charge in [0.15, 0.2) is 0 Å². The van der Waals surface area contributed by atoms with Gasteiger partial charge in [-0.25, -0.2) is 0 Å². The van der Waals surface area contributed by atoms with Gasteiger partial charge >= 0.3 is 0 Å². The van der Waals surface area contributed by atoms with Crippen LogP contribution in [0.15, 0.2) is 0 Å². The van der Waals surface area contributed by atoms with Gasteiger partial charge in [-0.1, -0.05) is 6.92 Å². The van der Waals surface area contributed by atoms with Crippen LogP contribution >= 0.6 is 0 Å². The van der Waals surface area contributed by atoms with Gasteiger partial charge in [-0.15, -0.1) is 0 Å². The summed E-state index contributed by atoms with van der Waals surface area (Å²) in [7, 11) is 0. The minimum atomic E-state index is -0.107. The van der Waals surface area contributed by atoms with Crippen molar-refractivity contribution >= 4 is 11.8 Å². The molecule has 0 fully saturated rings. The Morgan fingerprint density at radius 2 is 1.76 bits per heavy atom. The third kappa shape index (κ3) is 11.2. The highest BCUT2D eigenvalue weighted by Crippen LogP contribution is 1.90. The lowest BCUT2D eigenvalue weighted by molar-refractivity contribution is -0.126. The van der Waals surface area contributed by atoms with Crippen LogP contribution in [0.5, 0.6) is 0 Å². The Kier molecular flexibility index (Phi) is 9.43. The van der Waals surface area contributed by atoms with Gasteiger partial charge in [0, 0.05) is 32.0 Å². The lowest BCUT2D eigenvalue weighted by atomic mass is 10.2. The van der Waals surface area contributed by atoms with Crippen LogP contribution in [-0.2, 0) is 14.3 Å². The van der Waals surface area contributed by atoms with Gasteiger partial charge in [0.2, 0.25) is 11.8 Å². The lowest BCUT2D eigenvalue weighted by Gasteiger charge is -2.08. The number of carbonyl (C=O) groups is 2. The topological polar surface area (TPSA) is 67.4 Å². The first-order chi connectivity index (χ1) is 8.06. The van der Waals surface area contributed by atoms with Crippen LogP contribution < -0.4 is 10.6 Å². The van der Waals surface area contributed by atoms with Crippen molar-refractivity contribution in [2.24, 2.45) is 0 Å². The zero-order valence-electron chi connectivity index (χ0n) is 11.0. The van der Waals surface area contributed by atoms with Crippen molar-refractivity contribution in [1.29, 1.82) is 0 Å². The van der Waals surface area contributed by atoms with Crippen molar-refractivity contribution < 1.29 is 14.3 Å². The van der Waals surface area contributed by atoms with Crippen LogP contribution in [0, 0.1) is 0 Å². The first-order valence-electron chi connectivity index (χ1n) is 6.20. The van der Waals surface area contributed by atoms with E-state index in [0.29, 0.717) is 19.8 Å². The zero-order chi connectivity index (χ0) is 13.1. The summed E-state index contributed by atoms with van der Waals surface area (Å²) in [5.74, 6) is -0.193. The van der Waals surface area contributed by atoms with Crippen LogP contribution in [0.1, 0.15) is 40.0 Å². The maximum absolute atomic E-state index is 11.3. The van der Waals surface area contributed by atoms with Gasteiger partial charge in [-0.3, -0.25) is 9.59 Å². The number of hydrogen-bond donors (Lipinski definition) is 2. The summed E-state index contributed by atoms with van der Waals surface area (Å²) < 4.78 is 5.22. The predicted octanol–water partition coefficient (Wildman–Crippen LogP) is 0.834. The molecule has 0 aliphatic heterocycles. The van der Waals surface area contributed by atoms with Gasteiger partial charge in [0.25, 0.3) is 0 Å². The second-order valence-electron chi connectivity index (χ2n) is 4.18. The summed E-state index contributed by atoms with van der Waals surface area (Å²) in [6.07, 6.45) is 1.44. The highest BCUT2D eigenvalue weighted by molar-refractivity contribution is 5.83. The van der Waals surface area contributed by atoms with E-state index >= 15 is 0 Å². The fraction of sp³-hybridized carbons (Fsp3) is 0.833. The molecule has 0 aromatic rings. The SMILES string of the molecule is CCCOCCNC(=O)CCC(=O)NC(C)C. The fourth-order valence-corrected chi connectivity index (χ4v) is 1.22. The molecule has 0 aromatic heterocycles. The van der Waals surface area contributed by atoms with Crippen molar-refractivity contribution in [3.63, 3.8) is 0 Å². The maximum Gasteiger partial charge on any atom is 0.220 e. The molecule has 0 saturated heterocycles. The van der Waals surface area contributed by atoms with E-state index in [2.05, 4.69) is 10.6 Å². The maximum atomic E-state index is 11.3. The monoisotopic (exact) mass is 244 g/mol. The van der Waals surface area contributed by atoms with E-state index in [-0.39, 0.29) is 30.7 Å². The summed E-state index contributed by atoms with van der Waals surface area (Å²) in [4.78, 5) is 22.6. The standard InChI is InChI=1S/C12H24N2O3/c1-4-8-17-9-7-13-11(15)5-6-12(16)14-10(2)3/h10H,4-9H2,1-3H3,(H,13,15)(H,14,16). The van der Waals surface area contributed by atoms with E-state index in [1.165, 1.54) is 0 Å². The molecule has 0 heterocycles. The molecular weight excluding hydrogens is 220 g/mol. The number of nitrogens with one attached hydrogen (secondary N) is 2. The summed E-state index contributed by atoms with van der Waals surface area (Å²) in [5.41, 5.74) is 0. The van der Waals surface area contributed by atoms with Crippen molar-refractivity contribution in [2.45, 2.75) is 46.1 Å². The van der Waals surface area contributed by atoms with Crippen molar-refractivity contribution in [2.75, 3.05) is 19.8 Å². The molecule has 100 valence electrons. The van der Waals surface area contributed by atoms with E-state index in [0.717, 1.165) is 6.42 Å². The second-order valence-corrected chi connectivity index (χ2v) is 4.18. The van der Waals surface area contributed by atoms with Crippen LogP contribution in [0.3, 0.4) is 0 Å². The number of hydrogen-bond acceptors (Lipinski definition) is 3. The molecule has 5 nitrogen and oxygen atoms in total. The largest absolute Gasteiger partial charge is 0.380 e. The summed E-state index contributed by atoms with van der Waals surface area (Å²) in [5, 5.41) is 5.44. The minimum absolute atomic E-state index is 0.0858. The molecule has 2 amide bonds. The predicted molar refractivity (Wildman–Crippen MR) is 66.6 cm³/mol. The molecule has 0 radical (unpaired) electrons. The van der Waals surface area contributed by atoms with Gasteiger partial charge in [-0.2, -0.15) is 0 Å². The van der Waals surface area contributed by atoms with Gasteiger partial charge in [-0.05, 0) is 20.3 Å². The second kappa shape index (κ2) is 10.1.